The predicted octanol–water partition coefficient (Wildman–Crippen LogP) is 9.61. The molecule has 0 radical (unpaired) electrons. The zero-order valence-electron chi connectivity index (χ0n) is 30.7. The molecule has 1 aliphatic rings. The number of nitrogens with one attached hydrogen (secondary N) is 2. The minimum Gasteiger partial charge on any atom is -0.367 e. The summed E-state index contributed by atoms with van der Waals surface area (Å²) >= 11 is 1.06. The van der Waals surface area contributed by atoms with Gasteiger partial charge >= 0.3 is 6.18 Å². The van der Waals surface area contributed by atoms with Crippen LogP contribution < -0.4 is 10.6 Å². The molecule has 1 unspecified atom stereocenters. The molecule has 3 heterocycles. The Labute approximate surface area is 296 Å². The first-order valence-electron chi connectivity index (χ1n) is 17.8. The summed E-state index contributed by atoms with van der Waals surface area (Å²) < 4.78 is 39.0. The number of hydrogen-bond acceptors (Lipinski definition) is 8. The Kier molecular flexibility index (Phi) is 15.8. The number of benzene rings is 1. The van der Waals surface area contributed by atoms with Crippen molar-refractivity contribution in [3.63, 3.8) is 0 Å². The average molecular weight is 700 g/mol. The molecule has 0 amide bonds. The van der Waals surface area contributed by atoms with Gasteiger partial charge in [0.2, 0.25) is 5.95 Å². The SMILES string of the molecule is CCC(C)/C(C#N)=C\c1c(C)ccc(CN2CCC(Nc3nc(NC)nc4sc(CC(F)(F)F)cc34)CC2)c1C.CCCN(CC)CCC. The van der Waals surface area contributed by atoms with E-state index in [0.717, 1.165) is 61.4 Å². The molecule has 1 aromatic carbocycles. The number of thiophene rings is 1. The molecule has 1 aliphatic heterocycles. The molecule has 49 heavy (non-hydrogen) atoms. The van der Waals surface area contributed by atoms with Crippen molar-refractivity contribution in [1.82, 2.24) is 19.8 Å². The maximum Gasteiger partial charge on any atom is 0.393 e. The van der Waals surface area contributed by atoms with Crippen molar-refractivity contribution >= 4 is 39.4 Å². The van der Waals surface area contributed by atoms with Gasteiger partial charge in [-0.25, -0.2) is 4.98 Å². The van der Waals surface area contributed by atoms with E-state index in [4.69, 9.17) is 0 Å². The number of alkyl halides is 3. The van der Waals surface area contributed by atoms with Gasteiger partial charge in [0, 0.05) is 43.2 Å². The number of nitriles is 1. The average Bonchev–Trinajstić information content (AvgIpc) is 3.47. The van der Waals surface area contributed by atoms with Crippen molar-refractivity contribution in [1.29, 1.82) is 5.26 Å². The Morgan fingerprint density at radius 3 is 2.35 bits per heavy atom. The minimum atomic E-state index is -4.26. The van der Waals surface area contributed by atoms with Crippen LogP contribution in [0.25, 0.3) is 16.3 Å². The third-order valence-electron chi connectivity index (χ3n) is 9.31. The second-order valence-electron chi connectivity index (χ2n) is 13.1. The summed E-state index contributed by atoms with van der Waals surface area (Å²) in [7, 11) is 1.70. The minimum absolute atomic E-state index is 0.163. The van der Waals surface area contributed by atoms with Crippen LogP contribution in [0.4, 0.5) is 24.9 Å². The van der Waals surface area contributed by atoms with E-state index in [-0.39, 0.29) is 16.8 Å². The lowest BCUT2D eigenvalue weighted by Gasteiger charge is -2.33. The van der Waals surface area contributed by atoms with E-state index in [9.17, 15) is 18.4 Å². The second-order valence-corrected chi connectivity index (χ2v) is 14.2. The molecule has 2 N–H and O–H groups in total. The number of aromatic nitrogens is 2. The van der Waals surface area contributed by atoms with Crippen molar-refractivity contribution in [2.45, 2.75) is 106 Å². The van der Waals surface area contributed by atoms with Crippen LogP contribution in [0.5, 0.6) is 0 Å². The number of hydrogen-bond donors (Lipinski definition) is 2. The van der Waals surface area contributed by atoms with Gasteiger partial charge in [0.1, 0.15) is 10.6 Å². The molecule has 0 saturated carbocycles. The Morgan fingerprint density at radius 2 is 1.80 bits per heavy atom. The highest BCUT2D eigenvalue weighted by molar-refractivity contribution is 7.18. The lowest BCUT2D eigenvalue weighted by atomic mass is 9.91. The lowest BCUT2D eigenvalue weighted by molar-refractivity contribution is -0.126. The van der Waals surface area contributed by atoms with Crippen LogP contribution in [0, 0.1) is 31.1 Å². The Bertz CT molecular complexity index is 1550. The van der Waals surface area contributed by atoms with Gasteiger partial charge in [-0.3, -0.25) is 4.90 Å². The largest absolute Gasteiger partial charge is 0.393 e. The summed E-state index contributed by atoms with van der Waals surface area (Å²) in [5, 5.41) is 16.7. The molecule has 1 atom stereocenters. The highest BCUT2D eigenvalue weighted by atomic mass is 32.1. The molecule has 3 aromatic rings. The van der Waals surface area contributed by atoms with Crippen LogP contribution >= 0.6 is 11.3 Å². The second kappa shape index (κ2) is 19.3. The monoisotopic (exact) mass is 699 g/mol. The summed E-state index contributed by atoms with van der Waals surface area (Å²) in [5.74, 6) is 1.20. The summed E-state index contributed by atoms with van der Waals surface area (Å²) in [6.07, 6.45) is 2.12. The molecule has 2 aromatic heterocycles. The first-order valence-corrected chi connectivity index (χ1v) is 18.6. The number of likely N-dealkylation sites (tertiary alicyclic amines) is 1. The summed E-state index contributed by atoms with van der Waals surface area (Å²) in [6.45, 7) is 21.5. The third kappa shape index (κ3) is 12.0. The van der Waals surface area contributed by atoms with Crippen molar-refractivity contribution in [3.8, 4) is 6.07 Å². The Hall–Kier alpha value is -3.20. The fourth-order valence-corrected chi connectivity index (χ4v) is 7.23. The highest BCUT2D eigenvalue weighted by Crippen LogP contribution is 2.34. The normalized spacial score (nSPS) is 15.2. The molecular weight excluding hydrogens is 644 g/mol. The number of rotatable bonds is 14. The molecule has 11 heteroatoms. The number of nitrogens with zero attached hydrogens (tertiary/aromatic N) is 5. The Morgan fingerprint density at radius 1 is 1.12 bits per heavy atom. The van der Waals surface area contributed by atoms with Crippen molar-refractivity contribution in [2.75, 3.05) is 50.4 Å². The molecule has 0 bridgehead atoms. The first-order chi connectivity index (χ1) is 23.4. The van der Waals surface area contributed by atoms with E-state index in [2.05, 4.69) is 103 Å². The lowest BCUT2D eigenvalue weighted by Crippen LogP contribution is -2.39. The predicted molar refractivity (Wildman–Crippen MR) is 200 cm³/mol. The molecule has 0 spiro atoms. The van der Waals surface area contributed by atoms with E-state index >= 15 is 0 Å². The van der Waals surface area contributed by atoms with Crippen LogP contribution in [0.1, 0.15) is 93.9 Å². The number of fused-ring (bicyclic) bond motifs is 1. The van der Waals surface area contributed by atoms with E-state index in [1.54, 1.807) is 13.1 Å². The van der Waals surface area contributed by atoms with Gasteiger partial charge in [-0.2, -0.15) is 23.4 Å². The highest BCUT2D eigenvalue weighted by Gasteiger charge is 2.29. The van der Waals surface area contributed by atoms with E-state index in [1.807, 2.05) is 0 Å². The fraction of sp³-hybridized carbons (Fsp3) is 0.605. The summed E-state index contributed by atoms with van der Waals surface area (Å²) in [4.78, 5) is 14.6. The van der Waals surface area contributed by atoms with E-state index < -0.39 is 12.6 Å². The van der Waals surface area contributed by atoms with E-state index in [1.165, 1.54) is 49.2 Å². The molecule has 1 saturated heterocycles. The zero-order valence-corrected chi connectivity index (χ0v) is 31.5. The van der Waals surface area contributed by atoms with Gasteiger partial charge < -0.3 is 15.5 Å². The fourth-order valence-electron chi connectivity index (χ4n) is 6.17. The number of piperidine rings is 1. The molecular formula is C38H56F3N7S. The quantitative estimate of drug-likeness (QED) is 0.162. The van der Waals surface area contributed by atoms with Gasteiger partial charge in [0.25, 0.3) is 0 Å². The van der Waals surface area contributed by atoms with Crippen LogP contribution in [-0.2, 0) is 13.0 Å². The van der Waals surface area contributed by atoms with Gasteiger partial charge in [-0.05, 0) is 106 Å². The number of anilines is 2. The van der Waals surface area contributed by atoms with Crippen molar-refractivity contribution in [2.24, 2.45) is 5.92 Å². The molecule has 270 valence electrons. The maximum absolute atomic E-state index is 13.0. The standard InChI is InChI=1S/C30H37F3N6S.C8H19N/c1-6-18(2)22(16-34)13-25-19(3)7-8-21(20(25)4)17-39-11-9-23(10-12-39)36-27-26-14-24(15-30(31,32)33)40-28(26)38-29(35-5)37-27;1-4-7-9(6-3)8-5-2/h7-8,13-14,18,23H,6,9-12,15,17H2,1-5H3,(H2,35,36,37,38);4-8H2,1-3H3/b22-13-;. The number of allylic oxidation sites excluding steroid dienone is 1. The number of halogens is 3. The maximum atomic E-state index is 13.0. The van der Waals surface area contributed by atoms with Gasteiger partial charge in [-0.1, -0.05) is 46.8 Å². The topological polar surface area (TPSA) is 80.1 Å². The Balaban J connectivity index is 0.000000635. The van der Waals surface area contributed by atoms with Gasteiger partial charge in [0.05, 0.1) is 17.9 Å². The molecule has 0 aliphatic carbocycles. The van der Waals surface area contributed by atoms with Crippen molar-refractivity contribution in [3.05, 3.63) is 50.9 Å². The van der Waals surface area contributed by atoms with Gasteiger partial charge in [-0.15, -0.1) is 11.3 Å². The van der Waals surface area contributed by atoms with Crippen LogP contribution in [0.15, 0.2) is 23.8 Å². The molecule has 4 rings (SSSR count). The summed E-state index contributed by atoms with van der Waals surface area (Å²) in [6, 6.07) is 8.45. The van der Waals surface area contributed by atoms with Gasteiger partial charge in [0.15, 0.2) is 0 Å². The van der Waals surface area contributed by atoms with Crippen LogP contribution in [0.2, 0.25) is 0 Å². The first kappa shape index (κ1) is 40.2. The zero-order chi connectivity index (χ0) is 36.1. The van der Waals surface area contributed by atoms with Crippen LogP contribution in [-0.4, -0.2) is 71.8 Å². The smallest absolute Gasteiger partial charge is 0.367 e. The van der Waals surface area contributed by atoms with Crippen molar-refractivity contribution < 1.29 is 13.2 Å². The molecule has 7 nitrogen and oxygen atoms in total. The van der Waals surface area contributed by atoms with Crippen LogP contribution in [0.3, 0.4) is 0 Å². The van der Waals surface area contributed by atoms with E-state index in [0.29, 0.717) is 22.0 Å². The molecule has 1 fully saturated rings. The third-order valence-corrected chi connectivity index (χ3v) is 10.3. The number of aryl methyl sites for hydroxylation is 1. The summed E-state index contributed by atoms with van der Waals surface area (Å²) in [5.41, 5.74) is 5.60.